The lowest BCUT2D eigenvalue weighted by Gasteiger charge is -2.20. The van der Waals surface area contributed by atoms with Crippen LogP contribution in [0, 0.1) is 11.8 Å². The van der Waals surface area contributed by atoms with Crippen LogP contribution in [0.2, 0.25) is 0 Å². The fraction of sp³-hybridized carbons (Fsp3) is 0.550. The molecule has 0 bridgehead atoms. The summed E-state index contributed by atoms with van der Waals surface area (Å²) in [5.41, 5.74) is 0.159. The van der Waals surface area contributed by atoms with Crippen LogP contribution in [0.3, 0.4) is 0 Å². The highest BCUT2D eigenvalue weighted by molar-refractivity contribution is 6.34. The fourth-order valence-electron chi connectivity index (χ4n) is 2.51. The minimum Gasteiger partial charge on any atom is -0.461 e. The first-order valence-electron chi connectivity index (χ1n) is 8.71. The lowest BCUT2D eigenvalue weighted by molar-refractivity contribution is -0.164. The molecule has 0 heterocycles. The Hall–Kier alpha value is -2.17. The second-order valence-electron chi connectivity index (χ2n) is 7.60. The van der Waals surface area contributed by atoms with E-state index in [4.69, 9.17) is 9.47 Å². The Labute approximate surface area is 148 Å². The van der Waals surface area contributed by atoms with Crippen molar-refractivity contribution in [3.05, 3.63) is 35.9 Å². The van der Waals surface area contributed by atoms with E-state index in [0.717, 1.165) is 18.4 Å². The van der Waals surface area contributed by atoms with Gasteiger partial charge in [-0.3, -0.25) is 9.59 Å². The quantitative estimate of drug-likeness (QED) is 0.533. The van der Waals surface area contributed by atoms with E-state index >= 15 is 0 Å². The predicted octanol–water partition coefficient (Wildman–Crippen LogP) is 3.45. The summed E-state index contributed by atoms with van der Waals surface area (Å²) in [6, 6.07) is 9.37. The number of hydrogen-bond donors (Lipinski definition) is 0. The average Bonchev–Trinajstić information content (AvgIpc) is 3.35. The molecule has 5 nitrogen and oxygen atoms in total. The molecule has 0 saturated heterocycles. The minimum absolute atomic E-state index is 0.154. The maximum Gasteiger partial charge on any atom is 0.375 e. The molecule has 0 aromatic heterocycles. The van der Waals surface area contributed by atoms with Crippen LogP contribution in [-0.2, 0) is 30.5 Å². The highest BCUT2D eigenvalue weighted by Gasteiger charge is 2.34. The van der Waals surface area contributed by atoms with Crippen molar-refractivity contribution in [2.75, 3.05) is 0 Å². The number of ether oxygens (including phenoxy) is 2. The number of carbonyl (C=O) groups is 3. The van der Waals surface area contributed by atoms with Gasteiger partial charge in [0, 0.05) is 6.42 Å². The summed E-state index contributed by atoms with van der Waals surface area (Å²) in [4.78, 5) is 36.4. The van der Waals surface area contributed by atoms with Gasteiger partial charge in [-0.25, -0.2) is 4.79 Å². The van der Waals surface area contributed by atoms with Crippen molar-refractivity contribution in [2.45, 2.75) is 58.7 Å². The van der Waals surface area contributed by atoms with Crippen molar-refractivity contribution in [1.29, 1.82) is 0 Å². The Morgan fingerprint density at radius 2 is 1.76 bits per heavy atom. The van der Waals surface area contributed by atoms with Gasteiger partial charge < -0.3 is 9.47 Å². The number of carbonyl (C=O) groups excluding carboxylic acids is 3. The molecule has 0 unspecified atom stereocenters. The number of ketones is 1. The number of rotatable bonds is 8. The molecule has 1 aromatic rings. The predicted molar refractivity (Wildman–Crippen MR) is 92.5 cm³/mol. The maximum atomic E-state index is 12.4. The monoisotopic (exact) mass is 346 g/mol. The summed E-state index contributed by atoms with van der Waals surface area (Å²) in [5.74, 6) is -2.12. The normalized spacial score (nSPS) is 15.3. The minimum atomic E-state index is -0.885. The largest absolute Gasteiger partial charge is 0.461 e. The summed E-state index contributed by atoms with van der Waals surface area (Å²) in [5, 5.41) is 0. The third-order valence-electron chi connectivity index (χ3n) is 3.93. The van der Waals surface area contributed by atoms with Gasteiger partial charge in [0.05, 0.1) is 5.92 Å². The first kappa shape index (κ1) is 19.2. The van der Waals surface area contributed by atoms with Gasteiger partial charge in [0.25, 0.3) is 0 Å². The van der Waals surface area contributed by atoms with Gasteiger partial charge in [-0.05, 0) is 38.7 Å². The van der Waals surface area contributed by atoms with E-state index in [2.05, 4.69) is 0 Å². The van der Waals surface area contributed by atoms with Crippen molar-refractivity contribution in [1.82, 2.24) is 0 Å². The summed E-state index contributed by atoms with van der Waals surface area (Å²) < 4.78 is 10.4. The molecule has 1 aliphatic rings. The van der Waals surface area contributed by atoms with E-state index in [-0.39, 0.29) is 13.0 Å². The van der Waals surface area contributed by atoms with Gasteiger partial charge >= 0.3 is 11.9 Å². The molecule has 0 aliphatic heterocycles. The van der Waals surface area contributed by atoms with Crippen molar-refractivity contribution < 1.29 is 23.9 Å². The fourth-order valence-corrected chi connectivity index (χ4v) is 2.51. The van der Waals surface area contributed by atoms with E-state index in [9.17, 15) is 14.4 Å². The molecule has 1 aliphatic carbocycles. The van der Waals surface area contributed by atoms with Crippen LogP contribution in [0.5, 0.6) is 0 Å². The number of benzene rings is 1. The molecule has 0 radical (unpaired) electrons. The van der Waals surface area contributed by atoms with Crippen LogP contribution in [0.15, 0.2) is 30.3 Å². The van der Waals surface area contributed by atoms with Gasteiger partial charge in [-0.2, -0.15) is 0 Å². The molecule has 136 valence electrons. The van der Waals surface area contributed by atoms with E-state index in [1.807, 2.05) is 30.3 Å². The zero-order chi connectivity index (χ0) is 18.4. The zero-order valence-corrected chi connectivity index (χ0v) is 15.1. The van der Waals surface area contributed by atoms with Gasteiger partial charge in [-0.1, -0.05) is 43.2 Å². The first-order valence-corrected chi connectivity index (χ1v) is 8.71. The van der Waals surface area contributed by atoms with E-state index in [1.54, 1.807) is 20.8 Å². The SMILES string of the molecule is CC(C)(C)OC(=O)C(=O)C[C@H](CC1CC1)C(=O)OCc1ccccc1. The second-order valence-corrected chi connectivity index (χ2v) is 7.60. The lowest BCUT2D eigenvalue weighted by Crippen LogP contribution is -2.31. The first-order chi connectivity index (χ1) is 11.7. The van der Waals surface area contributed by atoms with Gasteiger partial charge in [0.1, 0.15) is 12.2 Å². The molecular weight excluding hydrogens is 320 g/mol. The van der Waals surface area contributed by atoms with E-state index < -0.39 is 29.2 Å². The molecule has 2 rings (SSSR count). The third kappa shape index (κ3) is 7.08. The van der Waals surface area contributed by atoms with Crippen LogP contribution >= 0.6 is 0 Å². The molecule has 5 heteroatoms. The molecule has 0 amide bonds. The van der Waals surface area contributed by atoms with Crippen LogP contribution in [0.4, 0.5) is 0 Å². The Bertz CT molecular complexity index is 611. The average molecular weight is 346 g/mol. The van der Waals surface area contributed by atoms with Gasteiger partial charge in [0.15, 0.2) is 0 Å². The summed E-state index contributed by atoms with van der Waals surface area (Å²) in [6.07, 6.45) is 2.55. The van der Waals surface area contributed by atoms with E-state index in [1.165, 1.54) is 0 Å². The van der Waals surface area contributed by atoms with Crippen LogP contribution in [0.1, 0.15) is 52.0 Å². The molecule has 0 N–H and O–H groups in total. The van der Waals surface area contributed by atoms with Crippen molar-refractivity contribution in [3.8, 4) is 0 Å². The summed E-state index contributed by atoms with van der Waals surface area (Å²) >= 11 is 0. The number of Topliss-reactive ketones (excluding diaryl/α,β-unsaturated/α-hetero) is 1. The smallest absolute Gasteiger partial charge is 0.375 e. The Morgan fingerprint density at radius 1 is 1.12 bits per heavy atom. The van der Waals surface area contributed by atoms with Crippen LogP contribution < -0.4 is 0 Å². The molecule has 1 fully saturated rings. The third-order valence-corrected chi connectivity index (χ3v) is 3.93. The Kier molecular flexibility index (Phi) is 6.34. The van der Waals surface area contributed by atoms with Gasteiger partial charge in [0.2, 0.25) is 5.78 Å². The summed E-state index contributed by atoms with van der Waals surface area (Å²) in [6.45, 7) is 5.28. The maximum absolute atomic E-state index is 12.4. The molecular formula is C20H26O5. The summed E-state index contributed by atoms with van der Waals surface area (Å²) in [7, 11) is 0. The zero-order valence-electron chi connectivity index (χ0n) is 15.1. The number of hydrogen-bond acceptors (Lipinski definition) is 5. The highest BCUT2D eigenvalue weighted by Crippen LogP contribution is 2.36. The van der Waals surface area contributed by atoms with Crippen LogP contribution in [-0.4, -0.2) is 23.3 Å². The lowest BCUT2D eigenvalue weighted by atomic mass is 9.96. The molecule has 1 aromatic carbocycles. The van der Waals surface area contributed by atoms with Crippen molar-refractivity contribution >= 4 is 17.7 Å². The van der Waals surface area contributed by atoms with E-state index in [0.29, 0.717) is 12.3 Å². The van der Waals surface area contributed by atoms with Gasteiger partial charge in [-0.15, -0.1) is 0 Å². The Balaban J connectivity index is 1.91. The molecule has 25 heavy (non-hydrogen) atoms. The van der Waals surface area contributed by atoms with Crippen molar-refractivity contribution in [3.63, 3.8) is 0 Å². The Morgan fingerprint density at radius 3 is 2.32 bits per heavy atom. The second kappa shape index (κ2) is 8.28. The standard InChI is InChI=1S/C20H26O5/c1-20(2,3)25-19(23)17(21)12-16(11-14-9-10-14)18(22)24-13-15-7-5-4-6-8-15/h4-8,14,16H,9-13H2,1-3H3/t16-/m0/s1. The molecule has 1 saturated carbocycles. The van der Waals surface area contributed by atoms with Crippen LogP contribution in [0.25, 0.3) is 0 Å². The molecule has 0 spiro atoms. The molecule has 1 atom stereocenters. The topological polar surface area (TPSA) is 69.7 Å². The highest BCUT2D eigenvalue weighted by atomic mass is 16.6. The number of esters is 2. The van der Waals surface area contributed by atoms with Crippen molar-refractivity contribution in [2.24, 2.45) is 11.8 Å².